The van der Waals surface area contributed by atoms with E-state index in [0.29, 0.717) is 0 Å². The van der Waals surface area contributed by atoms with Gasteiger partial charge in [-0.1, -0.05) is 31.9 Å². The van der Waals surface area contributed by atoms with Gasteiger partial charge in [-0.3, -0.25) is 4.98 Å². The van der Waals surface area contributed by atoms with Gasteiger partial charge in [0.05, 0.1) is 17.8 Å². The molecule has 1 aliphatic rings. The van der Waals surface area contributed by atoms with Gasteiger partial charge in [-0.2, -0.15) is 0 Å². The SMILES string of the molecule is CCNCc1cc(OCCC2CC2)c2ccccc2n1. The van der Waals surface area contributed by atoms with Crippen molar-refractivity contribution in [3.8, 4) is 5.75 Å². The highest BCUT2D eigenvalue weighted by atomic mass is 16.5. The summed E-state index contributed by atoms with van der Waals surface area (Å²) in [7, 11) is 0. The summed E-state index contributed by atoms with van der Waals surface area (Å²) in [5.41, 5.74) is 2.07. The van der Waals surface area contributed by atoms with Crippen LogP contribution in [0.25, 0.3) is 10.9 Å². The molecule has 3 heteroatoms. The third-order valence-corrected chi connectivity index (χ3v) is 3.77. The van der Waals surface area contributed by atoms with Crippen molar-refractivity contribution in [2.75, 3.05) is 13.2 Å². The van der Waals surface area contributed by atoms with Crippen LogP contribution < -0.4 is 10.1 Å². The maximum Gasteiger partial charge on any atom is 0.130 e. The normalized spacial score (nSPS) is 14.7. The first-order valence-electron chi connectivity index (χ1n) is 7.59. The summed E-state index contributed by atoms with van der Waals surface area (Å²) >= 11 is 0. The molecule has 0 amide bonds. The van der Waals surface area contributed by atoms with Crippen molar-refractivity contribution in [2.24, 2.45) is 5.92 Å². The van der Waals surface area contributed by atoms with Crippen LogP contribution in [-0.2, 0) is 6.54 Å². The van der Waals surface area contributed by atoms with Crippen LogP contribution in [-0.4, -0.2) is 18.1 Å². The van der Waals surface area contributed by atoms with Crippen LogP contribution in [0, 0.1) is 5.92 Å². The van der Waals surface area contributed by atoms with E-state index in [9.17, 15) is 0 Å². The zero-order valence-corrected chi connectivity index (χ0v) is 12.1. The molecule has 1 heterocycles. The Hall–Kier alpha value is -1.61. The molecule has 0 aliphatic heterocycles. The molecule has 1 fully saturated rings. The topological polar surface area (TPSA) is 34.1 Å². The van der Waals surface area contributed by atoms with E-state index < -0.39 is 0 Å². The molecule has 20 heavy (non-hydrogen) atoms. The average molecular weight is 270 g/mol. The number of pyridine rings is 1. The molecule has 106 valence electrons. The Bertz CT molecular complexity index is 578. The van der Waals surface area contributed by atoms with Gasteiger partial charge >= 0.3 is 0 Å². The fraction of sp³-hybridized carbons (Fsp3) is 0.471. The molecule has 1 saturated carbocycles. The average Bonchev–Trinajstić information content (AvgIpc) is 3.29. The van der Waals surface area contributed by atoms with Crippen molar-refractivity contribution in [1.29, 1.82) is 0 Å². The highest BCUT2D eigenvalue weighted by Gasteiger charge is 2.20. The molecule has 1 aliphatic carbocycles. The summed E-state index contributed by atoms with van der Waals surface area (Å²) in [4.78, 5) is 4.69. The smallest absolute Gasteiger partial charge is 0.130 e. The second-order valence-corrected chi connectivity index (χ2v) is 5.49. The number of rotatable bonds is 7. The Kier molecular flexibility index (Phi) is 4.16. The molecule has 1 aromatic carbocycles. The lowest BCUT2D eigenvalue weighted by atomic mass is 10.2. The first-order chi connectivity index (χ1) is 9.86. The van der Waals surface area contributed by atoms with Crippen LogP contribution in [0.4, 0.5) is 0 Å². The predicted octanol–water partition coefficient (Wildman–Crippen LogP) is 3.52. The number of benzene rings is 1. The van der Waals surface area contributed by atoms with E-state index in [1.54, 1.807) is 0 Å². The molecule has 0 unspecified atom stereocenters. The van der Waals surface area contributed by atoms with Gasteiger partial charge in [0, 0.05) is 18.0 Å². The highest BCUT2D eigenvalue weighted by Crippen LogP contribution is 2.33. The van der Waals surface area contributed by atoms with Crippen LogP contribution >= 0.6 is 0 Å². The number of hydrogen-bond acceptors (Lipinski definition) is 3. The van der Waals surface area contributed by atoms with E-state index in [2.05, 4.69) is 35.4 Å². The van der Waals surface area contributed by atoms with E-state index >= 15 is 0 Å². The molecule has 3 nitrogen and oxygen atoms in total. The first-order valence-corrected chi connectivity index (χ1v) is 7.59. The number of para-hydroxylation sites is 1. The van der Waals surface area contributed by atoms with Crippen molar-refractivity contribution >= 4 is 10.9 Å². The number of aromatic nitrogens is 1. The quantitative estimate of drug-likeness (QED) is 0.836. The summed E-state index contributed by atoms with van der Waals surface area (Å²) in [6.45, 7) is 4.67. The van der Waals surface area contributed by atoms with E-state index in [1.807, 2.05) is 12.1 Å². The monoisotopic (exact) mass is 270 g/mol. The van der Waals surface area contributed by atoms with E-state index in [-0.39, 0.29) is 0 Å². The van der Waals surface area contributed by atoms with Crippen molar-refractivity contribution in [3.63, 3.8) is 0 Å². The number of hydrogen-bond donors (Lipinski definition) is 1. The Morgan fingerprint density at radius 1 is 1.30 bits per heavy atom. The Morgan fingerprint density at radius 3 is 2.95 bits per heavy atom. The molecule has 1 aromatic heterocycles. The molecule has 0 spiro atoms. The maximum atomic E-state index is 6.02. The van der Waals surface area contributed by atoms with Crippen LogP contribution in [0.5, 0.6) is 5.75 Å². The largest absolute Gasteiger partial charge is 0.493 e. The van der Waals surface area contributed by atoms with Crippen LogP contribution in [0.15, 0.2) is 30.3 Å². The van der Waals surface area contributed by atoms with Crippen molar-refractivity contribution in [2.45, 2.75) is 32.7 Å². The first kappa shape index (κ1) is 13.4. The Balaban J connectivity index is 1.81. The maximum absolute atomic E-state index is 6.02. The van der Waals surface area contributed by atoms with Gasteiger partial charge in [0.25, 0.3) is 0 Å². The number of fused-ring (bicyclic) bond motifs is 1. The number of nitrogens with zero attached hydrogens (tertiary/aromatic N) is 1. The second kappa shape index (κ2) is 6.23. The minimum absolute atomic E-state index is 0.792. The van der Waals surface area contributed by atoms with Gasteiger partial charge < -0.3 is 10.1 Å². The van der Waals surface area contributed by atoms with Crippen molar-refractivity contribution in [3.05, 3.63) is 36.0 Å². The molecular weight excluding hydrogens is 248 g/mol. The van der Waals surface area contributed by atoms with Gasteiger partial charge in [0.15, 0.2) is 0 Å². The minimum Gasteiger partial charge on any atom is -0.493 e. The third-order valence-electron chi connectivity index (χ3n) is 3.77. The van der Waals surface area contributed by atoms with E-state index in [1.165, 1.54) is 19.3 Å². The van der Waals surface area contributed by atoms with Crippen molar-refractivity contribution < 1.29 is 4.74 Å². The lowest BCUT2D eigenvalue weighted by Crippen LogP contribution is -2.13. The fourth-order valence-corrected chi connectivity index (χ4v) is 2.40. The van der Waals surface area contributed by atoms with E-state index in [4.69, 9.17) is 4.74 Å². The fourth-order valence-electron chi connectivity index (χ4n) is 2.40. The molecule has 0 radical (unpaired) electrons. The second-order valence-electron chi connectivity index (χ2n) is 5.49. The summed E-state index contributed by atoms with van der Waals surface area (Å²) in [5.74, 6) is 1.88. The van der Waals surface area contributed by atoms with Crippen molar-refractivity contribution in [1.82, 2.24) is 10.3 Å². The van der Waals surface area contributed by atoms with Crippen LogP contribution in [0.3, 0.4) is 0 Å². The standard InChI is InChI=1S/C17H22N2O/c1-2-18-12-14-11-17(20-10-9-13-7-8-13)15-5-3-4-6-16(15)19-14/h3-6,11,13,18H,2,7-10,12H2,1H3. The van der Waals surface area contributed by atoms with Gasteiger partial charge in [0.1, 0.15) is 5.75 Å². The molecule has 0 bridgehead atoms. The summed E-state index contributed by atoms with van der Waals surface area (Å²) in [6, 6.07) is 10.3. The molecule has 0 saturated heterocycles. The number of ether oxygens (including phenoxy) is 1. The van der Waals surface area contributed by atoms with Gasteiger partial charge in [-0.05, 0) is 31.0 Å². The molecule has 0 atom stereocenters. The minimum atomic E-state index is 0.792. The Morgan fingerprint density at radius 2 is 2.15 bits per heavy atom. The molecular formula is C17H22N2O. The highest BCUT2D eigenvalue weighted by molar-refractivity contribution is 5.85. The number of nitrogens with one attached hydrogen (secondary N) is 1. The third kappa shape index (κ3) is 3.28. The molecule has 2 aromatic rings. The lowest BCUT2D eigenvalue weighted by Gasteiger charge is -2.11. The van der Waals surface area contributed by atoms with Gasteiger partial charge in [0.2, 0.25) is 0 Å². The zero-order valence-electron chi connectivity index (χ0n) is 12.1. The summed E-state index contributed by atoms with van der Waals surface area (Å²) < 4.78 is 6.02. The van der Waals surface area contributed by atoms with Gasteiger partial charge in [-0.15, -0.1) is 0 Å². The van der Waals surface area contributed by atoms with Gasteiger partial charge in [-0.25, -0.2) is 0 Å². The zero-order chi connectivity index (χ0) is 13.8. The Labute approximate surface area is 120 Å². The molecule has 1 N–H and O–H groups in total. The van der Waals surface area contributed by atoms with Crippen LogP contribution in [0.1, 0.15) is 31.9 Å². The predicted molar refractivity (Wildman–Crippen MR) is 82.0 cm³/mol. The van der Waals surface area contributed by atoms with Crippen LogP contribution in [0.2, 0.25) is 0 Å². The van der Waals surface area contributed by atoms with E-state index in [0.717, 1.165) is 48.0 Å². The lowest BCUT2D eigenvalue weighted by molar-refractivity contribution is 0.305. The summed E-state index contributed by atoms with van der Waals surface area (Å²) in [5, 5.41) is 4.44. The summed E-state index contributed by atoms with van der Waals surface area (Å²) in [6.07, 6.45) is 3.94. The molecule has 3 rings (SSSR count).